The molecule has 228 valence electrons. The Labute approximate surface area is 254 Å². The number of rotatable bonds is 7. The first kappa shape index (κ1) is 29.3. The zero-order valence-corrected chi connectivity index (χ0v) is 25.8. The minimum atomic E-state index is -0.0793. The number of nitrogens with two attached hydrogens (primary N) is 2. The number of hydrogen-bond acceptors (Lipinski definition) is 12. The molecular weight excluding hydrogens is 566 g/mol. The maximum absolute atomic E-state index is 9.92. The number of ether oxygens (including phenoxy) is 1. The van der Waals surface area contributed by atoms with Gasteiger partial charge < -0.3 is 30.7 Å². The number of hydrogen-bond donors (Lipinski definition) is 3. The summed E-state index contributed by atoms with van der Waals surface area (Å²) < 4.78 is 13.4. The van der Waals surface area contributed by atoms with E-state index >= 15 is 0 Å². The molecule has 4 aromatic rings. The van der Waals surface area contributed by atoms with E-state index in [0.29, 0.717) is 57.4 Å². The van der Waals surface area contributed by atoms with E-state index in [-0.39, 0.29) is 12.0 Å². The van der Waals surface area contributed by atoms with Crippen molar-refractivity contribution in [1.29, 1.82) is 5.26 Å². The van der Waals surface area contributed by atoms with Crippen molar-refractivity contribution in [2.24, 2.45) is 0 Å². The smallest absolute Gasteiger partial charge is 0.246 e. The molecule has 0 radical (unpaired) electrons. The number of methoxy groups -OCH3 is 1. The molecule has 12 nitrogen and oxygen atoms in total. The summed E-state index contributed by atoms with van der Waals surface area (Å²) in [6, 6.07) is 2.70. The Morgan fingerprint density at radius 1 is 1.19 bits per heavy atom. The van der Waals surface area contributed by atoms with Crippen molar-refractivity contribution in [2.45, 2.75) is 89.3 Å². The van der Waals surface area contributed by atoms with Gasteiger partial charge in [0.1, 0.15) is 28.0 Å². The summed E-state index contributed by atoms with van der Waals surface area (Å²) >= 11 is 1.51. The monoisotopic (exact) mass is 605 g/mol. The van der Waals surface area contributed by atoms with Crippen molar-refractivity contribution < 1.29 is 14.4 Å². The van der Waals surface area contributed by atoms with Crippen LogP contribution >= 0.6 is 11.3 Å². The lowest BCUT2D eigenvalue weighted by molar-refractivity contribution is 0.273. The molecule has 0 spiro atoms. The van der Waals surface area contributed by atoms with Gasteiger partial charge in [0, 0.05) is 22.4 Å². The number of nitrogens with zero attached hydrogens (tertiary/aromatic N) is 7. The highest BCUT2D eigenvalue weighted by Crippen LogP contribution is 2.46. The van der Waals surface area contributed by atoms with Gasteiger partial charge in [-0.1, -0.05) is 18.5 Å². The van der Waals surface area contributed by atoms with E-state index in [9.17, 15) is 5.26 Å². The molecule has 2 fully saturated rings. The van der Waals surface area contributed by atoms with Gasteiger partial charge >= 0.3 is 0 Å². The van der Waals surface area contributed by atoms with Crippen LogP contribution in [0.3, 0.4) is 0 Å². The van der Waals surface area contributed by atoms with E-state index < -0.39 is 0 Å². The Bertz CT molecular complexity index is 1670. The molecule has 13 heteroatoms. The summed E-state index contributed by atoms with van der Waals surface area (Å²) in [7, 11) is 3.72. The van der Waals surface area contributed by atoms with Crippen LogP contribution < -0.4 is 16.2 Å². The van der Waals surface area contributed by atoms with Crippen LogP contribution in [-0.2, 0) is 19.4 Å². The first-order chi connectivity index (χ1) is 20.8. The Balaban J connectivity index is 0.000000761. The minimum Gasteiger partial charge on any atom is -0.479 e. The Hall–Kier alpha value is -3.73. The number of nitrogen functional groups attached to an aromatic ring is 2. The zero-order chi connectivity index (χ0) is 30.2. The molecule has 5 N–H and O–H groups in total. The van der Waals surface area contributed by atoms with Crippen LogP contribution in [0.5, 0.6) is 5.88 Å². The van der Waals surface area contributed by atoms with Crippen molar-refractivity contribution in [3.8, 4) is 23.5 Å². The van der Waals surface area contributed by atoms with Crippen LogP contribution in [0.1, 0.15) is 85.1 Å². The Morgan fingerprint density at radius 3 is 2.63 bits per heavy atom. The van der Waals surface area contributed by atoms with E-state index in [1.165, 1.54) is 11.3 Å². The number of fused-ring (bicyclic) bond motifs is 2. The number of aromatic nitrogens is 5. The average Bonchev–Trinajstić information content (AvgIpc) is 3.32. The van der Waals surface area contributed by atoms with Gasteiger partial charge in [-0.05, 0) is 70.5 Å². The molecule has 2 aliphatic carbocycles. The summed E-state index contributed by atoms with van der Waals surface area (Å²) in [5.41, 5.74) is 16.5. The predicted octanol–water partition coefficient (Wildman–Crippen LogP) is 4.24. The minimum absolute atomic E-state index is 0.0793. The third-order valence-corrected chi connectivity index (χ3v) is 9.73. The number of aliphatic hydroxyl groups excluding tert-OH is 1. The molecule has 7 rings (SSSR count). The van der Waals surface area contributed by atoms with Crippen LogP contribution in [0, 0.1) is 11.3 Å². The number of anilines is 2. The molecule has 0 bridgehead atoms. The molecule has 1 aliphatic heterocycles. The van der Waals surface area contributed by atoms with Gasteiger partial charge in [0.15, 0.2) is 17.2 Å². The summed E-state index contributed by atoms with van der Waals surface area (Å²) in [4.78, 5) is 13.1. The van der Waals surface area contributed by atoms with Crippen molar-refractivity contribution >= 4 is 33.2 Å². The van der Waals surface area contributed by atoms with E-state index in [0.717, 1.165) is 86.1 Å². The molecule has 1 saturated heterocycles. The van der Waals surface area contributed by atoms with Gasteiger partial charge in [-0.15, -0.1) is 16.4 Å². The molecule has 2 atom stereocenters. The Kier molecular flexibility index (Phi) is 8.26. The van der Waals surface area contributed by atoms with Crippen molar-refractivity contribution in [1.82, 2.24) is 29.8 Å². The second kappa shape index (κ2) is 12.1. The van der Waals surface area contributed by atoms with E-state index in [1.807, 2.05) is 4.68 Å². The Morgan fingerprint density at radius 2 is 1.98 bits per heavy atom. The molecule has 0 amide bonds. The summed E-state index contributed by atoms with van der Waals surface area (Å²) in [5, 5.41) is 28.4. The molecule has 3 aliphatic rings. The number of aliphatic hydroxyl groups is 1. The van der Waals surface area contributed by atoms with E-state index in [2.05, 4.69) is 40.2 Å². The molecule has 0 aromatic carbocycles. The third-order valence-electron chi connectivity index (χ3n) is 8.64. The lowest BCUT2D eigenvalue weighted by Gasteiger charge is -2.21. The van der Waals surface area contributed by atoms with Crippen molar-refractivity contribution in [2.75, 3.05) is 32.2 Å². The molecule has 2 unspecified atom stereocenters. The second-order valence-corrected chi connectivity index (χ2v) is 12.8. The molecule has 4 aromatic heterocycles. The normalized spacial score (nSPS) is 20.1. The van der Waals surface area contributed by atoms with Gasteiger partial charge in [-0.25, -0.2) is 14.6 Å². The van der Waals surface area contributed by atoms with Crippen LogP contribution in [0.15, 0.2) is 4.52 Å². The zero-order valence-electron chi connectivity index (χ0n) is 25.0. The fourth-order valence-electron chi connectivity index (χ4n) is 6.23. The van der Waals surface area contributed by atoms with Gasteiger partial charge in [-0.2, -0.15) is 5.26 Å². The van der Waals surface area contributed by atoms with Crippen LogP contribution in [0.2, 0.25) is 0 Å². The maximum Gasteiger partial charge on any atom is 0.246 e. The van der Waals surface area contributed by atoms with Gasteiger partial charge in [0.2, 0.25) is 5.88 Å². The maximum atomic E-state index is 9.92. The number of likely N-dealkylation sites (N-methyl/N-ethyl adjacent to an activating group) is 1. The number of likely N-dealkylation sites (tertiary alicyclic amines) is 1. The number of nitriles is 1. The number of thiophene rings is 1. The standard InChI is InChI=1S/C27H33N9O2S.C3H6O/c1-4-7-18-19(17(12-28)24(30)39-18)15-9-5-10-16-21(34-38-22(15)16)25-31-23(29)20-26(32-25)36(33-27(20)37-3)13-14-8-6-11-35(14)2;4-3-1-2-3/h14-15H,4-11,13,30H2,1-3H3,(H2,29,31,32);3-4H,1-2H2. The summed E-state index contributed by atoms with van der Waals surface area (Å²) in [6.07, 6.45) is 8.85. The van der Waals surface area contributed by atoms with E-state index in [1.54, 1.807) is 7.11 Å². The predicted molar refractivity (Wildman–Crippen MR) is 165 cm³/mol. The van der Waals surface area contributed by atoms with Crippen LogP contribution in [0.25, 0.3) is 22.6 Å². The van der Waals surface area contributed by atoms with Crippen LogP contribution in [-0.4, -0.2) is 67.8 Å². The second-order valence-electron chi connectivity index (χ2n) is 11.7. The molecule has 1 saturated carbocycles. The SMILES string of the molecule is CCCc1sc(N)c(C#N)c1C1CCCc2c(-c3nc(N)c4c(OC)nn(CC5CCCN5C)c4n3)noc21.OC1CC1. The molecule has 43 heavy (non-hydrogen) atoms. The topological polar surface area (TPSA) is 178 Å². The lowest BCUT2D eigenvalue weighted by atomic mass is 9.81. The van der Waals surface area contributed by atoms with Crippen molar-refractivity contribution in [3.05, 3.63) is 27.3 Å². The first-order valence-corrected chi connectivity index (χ1v) is 15.9. The van der Waals surface area contributed by atoms with Crippen molar-refractivity contribution in [3.63, 3.8) is 0 Å². The van der Waals surface area contributed by atoms with Gasteiger partial charge in [0.05, 0.1) is 25.3 Å². The fraction of sp³-hybridized carbons (Fsp3) is 0.567. The molecule has 5 heterocycles. The lowest BCUT2D eigenvalue weighted by Crippen LogP contribution is -2.29. The third kappa shape index (κ3) is 5.55. The fourth-order valence-corrected chi connectivity index (χ4v) is 7.42. The molecular formula is C30H39N9O3S. The van der Waals surface area contributed by atoms with Gasteiger partial charge in [0.25, 0.3) is 0 Å². The van der Waals surface area contributed by atoms with Gasteiger partial charge in [-0.3, -0.25) is 0 Å². The average molecular weight is 606 g/mol. The summed E-state index contributed by atoms with van der Waals surface area (Å²) in [6.45, 7) is 3.88. The summed E-state index contributed by atoms with van der Waals surface area (Å²) in [5.74, 6) is 1.81. The highest BCUT2D eigenvalue weighted by atomic mass is 32.1. The van der Waals surface area contributed by atoms with E-state index in [4.69, 9.17) is 30.8 Å². The quantitative estimate of drug-likeness (QED) is 0.274. The van der Waals surface area contributed by atoms with Crippen LogP contribution in [0.4, 0.5) is 10.8 Å². The highest BCUT2D eigenvalue weighted by molar-refractivity contribution is 7.16. The highest BCUT2D eigenvalue weighted by Gasteiger charge is 2.35. The first-order valence-electron chi connectivity index (χ1n) is 15.1. The largest absolute Gasteiger partial charge is 0.479 e. The number of aryl methyl sites for hydroxylation is 1.